The minimum atomic E-state index is 0.511. The zero-order valence-electron chi connectivity index (χ0n) is 14.0. The van der Waals surface area contributed by atoms with E-state index in [1.165, 1.54) is 12.1 Å². The van der Waals surface area contributed by atoms with Crippen molar-refractivity contribution < 1.29 is 0 Å². The molecule has 1 aromatic rings. The van der Waals surface area contributed by atoms with Gasteiger partial charge in [0, 0.05) is 37.9 Å². The average Bonchev–Trinajstić information content (AvgIpc) is 3.25. The fourth-order valence-corrected chi connectivity index (χ4v) is 3.32. The number of hydrogen-bond donors (Lipinski definition) is 2. The van der Waals surface area contributed by atoms with Gasteiger partial charge in [-0.3, -0.25) is 4.99 Å². The van der Waals surface area contributed by atoms with Crippen molar-refractivity contribution in [2.75, 3.05) is 31.1 Å². The fraction of sp³-hybridized carbons (Fsp3) is 0.526. The predicted molar refractivity (Wildman–Crippen MR) is 98.0 cm³/mol. The summed E-state index contributed by atoms with van der Waals surface area (Å²) in [5, 5.41) is 6.92. The highest BCUT2D eigenvalue weighted by Gasteiger charge is 2.22. The normalized spacial score (nSPS) is 21.9. The molecular formula is C19H28N4. The quantitative estimate of drug-likeness (QED) is 0.499. The van der Waals surface area contributed by atoms with Crippen LogP contribution in [-0.2, 0) is 0 Å². The second kappa shape index (κ2) is 8.04. The van der Waals surface area contributed by atoms with E-state index in [0.717, 1.165) is 45.0 Å². The summed E-state index contributed by atoms with van der Waals surface area (Å²) in [6.07, 6.45) is 7.93. The molecule has 1 saturated heterocycles. The standard InChI is InChI=1S/C19H28N4/c1-2-20-19(22-17-8-6-7-9-17)21-14-16-12-13-23(15-16)18-10-4-3-5-11-18/h3-7,10-11,16-17H,2,8-9,12-15H2,1H3,(H2,20,21,22). The molecule has 1 unspecified atom stereocenters. The van der Waals surface area contributed by atoms with Crippen molar-refractivity contribution in [2.24, 2.45) is 10.9 Å². The van der Waals surface area contributed by atoms with E-state index in [1.807, 2.05) is 0 Å². The monoisotopic (exact) mass is 312 g/mol. The highest BCUT2D eigenvalue weighted by Crippen LogP contribution is 2.23. The minimum Gasteiger partial charge on any atom is -0.371 e. The van der Waals surface area contributed by atoms with Crippen LogP contribution in [0.5, 0.6) is 0 Å². The van der Waals surface area contributed by atoms with Crippen molar-refractivity contribution >= 4 is 11.6 Å². The number of guanidine groups is 1. The van der Waals surface area contributed by atoms with Crippen LogP contribution < -0.4 is 15.5 Å². The molecule has 1 aliphatic carbocycles. The van der Waals surface area contributed by atoms with Gasteiger partial charge in [-0.05, 0) is 44.2 Å². The zero-order valence-corrected chi connectivity index (χ0v) is 14.0. The number of aliphatic imine (C=N–C) groups is 1. The molecule has 0 bridgehead atoms. The predicted octanol–water partition coefficient (Wildman–Crippen LogP) is 2.79. The zero-order chi connectivity index (χ0) is 15.9. The Bertz CT molecular complexity index is 530. The molecule has 23 heavy (non-hydrogen) atoms. The Morgan fingerprint density at radius 3 is 2.74 bits per heavy atom. The molecule has 4 nitrogen and oxygen atoms in total. The van der Waals surface area contributed by atoms with Gasteiger partial charge in [-0.2, -0.15) is 0 Å². The first-order chi connectivity index (χ1) is 11.3. The van der Waals surface area contributed by atoms with Gasteiger partial charge >= 0.3 is 0 Å². The van der Waals surface area contributed by atoms with E-state index in [1.54, 1.807) is 0 Å². The minimum absolute atomic E-state index is 0.511. The smallest absolute Gasteiger partial charge is 0.191 e. The maximum absolute atomic E-state index is 4.83. The van der Waals surface area contributed by atoms with Crippen LogP contribution in [-0.4, -0.2) is 38.2 Å². The van der Waals surface area contributed by atoms with Crippen LogP contribution in [0.1, 0.15) is 26.2 Å². The summed E-state index contributed by atoms with van der Waals surface area (Å²) in [6.45, 7) is 6.18. The number of para-hydroxylation sites is 1. The van der Waals surface area contributed by atoms with Crippen molar-refractivity contribution in [1.82, 2.24) is 10.6 Å². The molecule has 2 aliphatic rings. The van der Waals surface area contributed by atoms with Gasteiger partial charge < -0.3 is 15.5 Å². The number of anilines is 1. The van der Waals surface area contributed by atoms with Gasteiger partial charge in [0.2, 0.25) is 0 Å². The lowest BCUT2D eigenvalue weighted by atomic mass is 10.1. The van der Waals surface area contributed by atoms with Crippen molar-refractivity contribution in [1.29, 1.82) is 0 Å². The van der Waals surface area contributed by atoms with Gasteiger partial charge in [0.05, 0.1) is 0 Å². The summed E-state index contributed by atoms with van der Waals surface area (Å²) in [4.78, 5) is 7.30. The molecule has 1 fully saturated rings. The first-order valence-electron chi connectivity index (χ1n) is 8.85. The summed E-state index contributed by atoms with van der Waals surface area (Å²) >= 11 is 0. The van der Waals surface area contributed by atoms with Crippen LogP contribution in [0.4, 0.5) is 5.69 Å². The van der Waals surface area contributed by atoms with E-state index in [9.17, 15) is 0 Å². The lowest BCUT2D eigenvalue weighted by molar-refractivity contribution is 0.589. The maximum atomic E-state index is 4.83. The van der Waals surface area contributed by atoms with Crippen LogP contribution in [0.3, 0.4) is 0 Å². The third-order valence-corrected chi connectivity index (χ3v) is 4.61. The van der Waals surface area contributed by atoms with Crippen LogP contribution in [0.25, 0.3) is 0 Å². The fourth-order valence-electron chi connectivity index (χ4n) is 3.32. The van der Waals surface area contributed by atoms with Gasteiger partial charge in [0.1, 0.15) is 0 Å². The molecule has 4 heteroatoms. The third-order valence-electron chi connectivity index (χ3n) is 4.61. The van der Waals surface area contributed by atoms with Crippen molar-refractivity contribution in [3.63, 3.8) is 0 Å². The number of nitrogens with zero attached hydrogens (tertiary/aromatic N) is 2. The number of nitrogens with one attached hydrogen (secondary N) is 2. The van der Waals surface area contributed by atoms with Crippen LogP contribution in [0.15, 0.2) is 47.5 Å². The number of hydrogen-bond acceptors (Lipinski definition) is 2. The van der Waals surface area contributed by atoms with E-state index in [4.69, 9.17) is 4.99 Å². The van der Waals surface area contributed by atoms with E-state index in [2.05, 4.69) is 64.9 Å². The first-order valence-corrected chi connectivity index (χ1v) is 8.85. The topological polar surface area (TPSA) is 39.7 Å². The molecule has 1 aliphatic heterocycles. The van der Waals surface area contributed by atoms with Crippen molar-refractivity contribution in [3.8, 4) is 0 Å². The molecule has 3 rings (SSSR count). The molecule has 124 valence electrons. The summed E-state index contributed by atoms with van der Waals surface area (Å²) in [5.41, 5.74) is 1.33. The Hall–Kier alpha value is -1.97. The average molecular weight is 312 g/mol. The second-order valence-electron chi connectivity index (χ2n) is 6.44. The summed E-state index contributed by atoms with van der Waals surface area (Å²) in [5.74, 6) is 1.62. The van der Waals surface area contributed by atoms with Crippen LogP contribution >= 0.6 is 0 Å². The van der Waals surface area contributed by atoms with Gasteiger partial charge in [-0.1, -0.05) is 30.4 Å². The van der Waals surface area contributed by atoms with Gasteiger partial charge in [-0.25, -0.2) is 0 Å². The Labute approximate surface area is 139 Å². The lowest BCUT2D eigenvalue weighted by Gasteiger charge is -2.19. The van der Waals surface area contributed by atoms with Gasteiger partial charge in [0.15, 0.2) is 5.96 Å². The van der Waals surface area contributed by atoms with Crippen LogP contribution in [0, 0.1) is 5.92 Å². The Kier molecular flexibility index (Phi) is 5.56. The second-order valence-corrected chi connectivity index (χ2v) is 6.44. The molecule has 1 atom stereocenters. The Morgan fingerprint density at radius 1 is 1.22 bits per heavy atom. The first kappa shape index (κ1) is 15.9. The molecule has 0 aromatic heterocycles. The molecule has 0 radical (unpaired) electrons. The summed E-state index contributed by atoms with van der Waals surface area (Å²) < 4.78 is 0. The molecule has 1 aromatic carbocycles. The SMILES string of the molecule is CCNC(=NCC1CCN(c2ccccc2)C1)NC1CC=CC1. The highest BCUT2D eigenvalue weighted by molar-refractivity contribution is 5.80. The molecule has 2 N–H and O–H groups in total. The van der Waals surface area contributed by atoms with E-state index < -0.39 is 0 Å². The molecule has 0 spiro atoms. The van der Waals surface area contributed by atoms with E-state index >= 15 is 0 Å². The summed E-state index contributed by atoms with van der Waals surface area (Å²) in [6, 6.07) is 11.2. The maximum Gasteiger partial charge on any atom is 0.191 e. The van der Waals surface area contributed by atoms with Gasteiger partial charge in [0.25, 0.3) is 0 Å². The van der Waals surface area contributed by atoms with E-state index in [-0.39, 0.29) is 0 Å². The van der Waals surface area contributed by atoms with Crippen molar-refractivity contribution in [2.45, 2.75) is 32.2 Å². The largest absolute Gasteiger partial charge is 0.371 e. The molecular weight excluding hydrogens is 284 g/mol. The molecule has 0 amide bonds. The Balaban J connectivity index is 1.51. The molecule has 1 heterocycles. The lowest BCUT2D eigenvalue weighted by Crippen LogP contribution is -2.42. The summed E-state index contributed by atoms with van der Waals surface area (Å²) in [7, 11) is 0. The Morgan fingerprint density at radius 2 is 2.00 bits per heavy atom. The third kappa shape index (κ3) is 4.50. The van der Waals surface area contributed by atoms with Crippen LogP contribution in [0.2, 0.25) is 0 Å². The molecule has 0 saturated carbocycles. The highest BCUT2D eigenvalue weighted by atomic mass is 15.2. The number of rotatable bonds is 5. The van der Waals surface area contributed by atoms with Gasteiger partial charge in [-0.15, -0.1) is 0 Å². The van der Waals surface area contributed by atoms with E-state index in [0.29, 0.717) is 12.0 Å². The van der Waals surface area contributed by atoms with Crippen molar-refractivity contribution in [3.05, 3.63) is 42.5 Å². The number of benzene rings is 1.